The smallest absolute Gasteiger partial charge is 0.186 e. The van der Waals surface area contributed by atoms with Gasteiger partial charge in [-0.05, 0) is 0 Å². The van der Waals surface area contributed by atoms with E-state index in [0.717, 1.165) is 0 Å². The first-order chi connectivity index (χ1) is 9.49. The predicted octanol–water partition coefficient (Wildman–Crippen LogP) is -3.46. The number of rotatable bonds is 4. The van der Waals surface area contributed by atoms with Crippen LogP contribution in [0.3, 0.4) is 0 Å². The van der Waals surface area contributed by atoms with Gasteiger partial charge in [-0.3, -0.25) is 0 Å². The van der Waals surface area contributed by atoms with Gasteiger partial charge in [0.25, 0.3) is 0 Å². The van der Waals surface area contributed by atoms with Crippen LogP contribution in [-0.2, 0) is 18.9 Å². The minimum atomic E-state index is -1.48. The molecule has 20 heavy (non-hydrogen) atoms. The lowest BCUT2D eigenvalue weighted by molar-refractivity contribution is -0.300. The molecule has 0 amide bonds. The third-order valence-corrected chi connectivity index (χ3v) is 3.48. The molecule has 9 heteroatoms. The van der Waals surface area contributed by atoms with E-state index in [9.17, 15) is 20.4 Å². The van der Waals surface area contributed by atoms with Crippen LogP contribution in [0.1, 0.15) is 0 Å². The van der Waals surface area contributed by atoms with Crippen LogP contribution in [-0.4, -0.2) is 95.1 Å². The van der Waals surface area contributed by atoms with Crippen molar-refractivity contribution in [1.29, 1.82) is 0 Å². The Kier molecular flexibility index (Phi) is 5.29. The van der Waals surface area contributed by atoms with E-state index in [1.165, 1.54) is 7.11 Å². The first-order valence-electron chi connectivity index (χ1n) is 6.28. The maximum atomic E-state index is 9.76. The Bertz CT molecular complexity index is 314. The molecule has 0 radical (unpaired) electrons. The van der Waals surface area contributed by atoms with Crippen molar-refractivity contribution in [3.63, 3.8) is 0 Å². The summed E-state index contributed by atoms with van der Waals surface area (Å²) in [5.41, 5.74) is 0. The third-order valence-electron chi connectivity index (χ3n) is 3.48. The van der Waals surface area contributed by atoms with Crippen molar-refractivity contribution in [2.45, 2.75) is 49.2 Å². The molecule has 2 rings (SSSR count). The van der Waals surface area contributed by atoms with Crippen LogP contribution in [0.2, 0.25) is 0 Å². The largest absolute Gasteiger partial charge is 0.394 e. The number of hydrogen-bond donors (Lipinski definition) is 5. The Hall–Kier alpha value is -0.360. The average molecular weight is 296 g/mol. The maximum Gasteiger partial charge on any atom is 0.186 e. The molecule has 2 aliphatic rings. The molecule has 0 unspecified atom stereocenters. The highest BCUT2D eigenvalue weighted by Crippen LogP contribution is 2.28. The van der Waals surface area contributed by atoms with Crippen molar-refractivity contribution in [3.8, 4) is 0 Å². The molecule has 5 N–H and O–H groups in total. The summed E-state index contributed by atoms with van der Waals surface area (Å²) in [6, 6.07) is 0. The third kappa shape index (κ3) is 2.96. The van der Waals surface area contributed by atoms with E-state index >= 15 is 0 Å². The molecule has 0 saturated carbocycles. The second-order valence-corrected chi connectivity index (χ2v) is 4.80. The molecule has 0 aromatic carbocycles. The monoisotopic (exact) mass is 296 g/mol. The number of aliphatic hydroxyl groups excluding tert-OH is 5. The number of ether oxygens (including phenoxy) is 4. The lowest BCUT2D eigenvalue weighted by Crippen LogP contribution is -2.56. The highest BCUT2D eigenvalue weighted by atomic mass is 16.7. The first kappa shape index (κ1) is 16.0. The van der Waals surface area contributed by atoms with Crippen molar-refractivity contribution in [2.75, 3.05) is 20.3 Å². The average Bonchev–Trinajstić information content (AvgIpc) is 2.75. The first-order valence-corrected chi connectivity index (χ1v) is 6.28. The fourth-order valence-electron chi connectivity index (χ4n) is 2.34. The summed E-state index contributed by atoms with van der Waals surface area (Å²) >= 11 is 0. The van der Waals surface area contributed by atoms with Gasteiger partial charge in [0, 0.05) is 7.11 Å². The molecule has 2 fully saturated rings. The SMILES string of the molecule is CO[C@@H]1[C@@H](O[C@@H]2OC[C@@H](O)[C@H](O)[C@H]2O)[C@H](O)O[C@H]1CO. The van der Waals surface area contributed by atoms with Crippen LogP contribution in [0, 0.1) is 0 Å². The molecule has 0 aromatic heterocycles. The van der Waals surface area contributed by atoms with Gasteiger partial charge in [0.05, 0.1) is 13.2 Å². The molecular weight excluding hydrogens is 276 g/mol. The van der Waals surface area contributed by atoms with Crippen LogP contribution in [0.4, 0.5) is 0 Å². The summed E-state index contributed by atoms with van der Waals surface area (Å²) in [7, 11) is 1.36. The molecule has 2 aliphatic heterocycles. The zero-order valence-electron chi connectivity index (χ0n) is 10.9. The normalized spacial score (nSPS) is 49.5. The minimum absolute atomic E-state index is 0.215. The van der Waals surface area contributed by atoms with Crippen molar-refractivity contribution in [3.05, 3.63) is 0 Å². The van der Waals surface area contributed by atoms with Crippen LogP contribution in [0.5, 0.6) is 0 Å². The van der Waals surface area contributed by atoms with Gasteiger partial charge in [-0.1, -0.05) is 0 Å². The van der Waals surface area contributed by atoms with Crippen LogP contribution < -0.4 is 0 Å². The Morgan fingerprint density at radius 2 is 1.80 bits per heavy atom. The predicted molar refractivity (Wildman–Crippen MR) is 61.4 cm³/mol. The van der Waals surface area contributed by atoms with Crippen LogP contribution in [0.15, 0.2) is 0 Å². The van der Waals surface area contributed by atoms with Crippen molar-refractivity contribution in [2.24, 2.45) is 0 Å². The van der Waals surface area contributed by atoms with Crippen LogP contribution >= 0.6 is 0 Å². The quantitative estimate of drug-likeness (QED) is 0.358. The molecular formula is C11H20O9. The maximum absolute atomic E-state index is 9.76. The standard InChI is InChI=1S/C11H20O9/c1-17-8-5(2-12)19-10(16)9(8)20-11-7(15)6(14)4(13)3-18-11/h4-16H,2-3H2,1H3/t4-,5+,6+,7-,8+,9-,10-,11+/m1/s1. The number of methoxy groups -OCH3 is 1. The molecule has 9 nitrogen and oxygen atoms in total. The van der Waals surface area contributed by atoms with Gasteiger partial charge in [-0.2, -0.15) is 0 Å². The summed E-state index contributed by atoms with van der Waals surface area (Å²) in [5, 5.41) is 47.5. The summed E-state index contributed by atoms with van der Waals surface area (Å²) in [5.74, 6) is 0. The molecule has 2 heterocycles. The molecule has 0 bridgehead atoms. The second kappa shape index (κ2) is 6.60. The fourth-order valence-corrected chi connectivity index (χ4v) is 2.34. The van der Waals surface area contributed by atoms with E-state index in [2.05, 4.69) is 0 Å². The molecule has 0 aliphatic carbocycles. The number of hydrogen-bond acceptors (Lipinski definition) is 9. The second-order valence-electron chi connectivity index (χ2n) is 4.80. The molecule has 118 valence electrons. The Balaban J connectivity index is 2.01. The van der Waals surface area contributed by atoms with Gasteiger partial charge < -0.3 is 44.5 Å². The van der Waals surface area contributed by atoms with Gasteiger partial charge in [0.1, 0.15) is 36.6 Å². The number of aliphatic hydroxyl groups is 5. The van der Waals surface area contributed by atoms with E-state index in [1.54, 1.807) is 0 Å². The van der Waals surface area contributed by atoms with Gasteiger partial charge in [-0.25, -0.2) is 0 Å². The summed E-state index contributed by atoms with van der Waals surface area (Å²) in [6.07, 6.45) is -9.23. The van der Waals surface area contributed by atoms with Crippen molar-refractivity contribution in [1.82, 2.24) is 0 Å². The van der Waals surface area contributed by atoms with Gasteiger partial charge in [0.15, 0.2) is 12.6 Å². The van der Waals surface area contributed by atoms with Crippen molar-refractivity contribution < 1.29 is 44.5 Å². The van der Waals surface area contributed by atoms with E-state index < -0.39 is 49.2 Å². The molecule has 0 spiro atoms. The fraction of sp³-hybridized carbons (Fsp3) is 1.00. The topological polar surface area (TPSA) is 138 Å². The highest BCUT2D eigenvalue weighted by Gasteiger charge is 2.48. The van der Waals surface area contributed by atoms with Gasteiger partial charge in [0.2, 0.25) is 0 Å². The molecule has 0 aromatic rings. The van der Waals surface area contributed by atoms with E-state index in [-0.39, 0.29) is 13.2 Å². The lowest BCUT2D eigenvalue weighted by Gasteiger charge is -2.37. The minimum Gasteiger partial charge on any atom is -0.394 e. The van der Waals surface area contributed by atoms with Gasteiger partial charge >= 0.3 is 0 Å². The van der Waals surface area contributed by atoms with Gasteiger partial charge in [-0.15, -0.1) is 0 Å². The Morgan fingerprint density at radius 3 is 2.40 bits per heavy atom. The zero-order valence-corrected chi connectivity index (χ0v) is 10.9. The van der Waals surface area contributed by atoms with Crippen LogP contribution in [0.25, 0.3) is 0 Å². The highest BCUT2D eigenvalue weighted by molar-refractivity contribution is 4.90. The van der Waals surface area contributed by atoms with E-state index in [0.29, 0.717) is 0 Å². The van der Waals surface area contributed by atoms with Crippen molar-refractivity contribution >= 4 is 0 Å². The molecule has 8 atom stereocenters. The summed E-state index contributed by atoms with van der Waals surface area (Å²) < 4.78 is 20.6. The Labute approximate surface area is 115 Å². The zero-order chi connectivity index (χ0) is 14.9. The van der Waals surface area contributed by atoms with E-state index in [1.807, 2.05) is 0 Å². The Morgan fingerprint density at radius 1 is 1.10 bits per heavy atom. The summed E-state index contributed by atoms with van der Waals surface area (Å²) in [4.78, 5) is 0. The molecule has 2 saturated heterocycles. The lowest BCUT2D eigenvalue weighted by atomic mass is 10.1. The summed E-state index contributed by atoms with van der Waals surface area (Å²) in [6.45, 7) is -0.585. The van der Waals surface area contributed by atoms with E-state index in [4.69, 9.17) is 24.1 Å².